The molecule has 18 N–H and O–H groups in total. The third-order valence-electron chi connectivity index (χ3n) is 24.3. The van der Waals surface area contributed by atoms with Crippen molar-refractivity contribution < 1.29 is 40.9 Å². The van der Waals surface area contributed by atoms with Crippen LogP contribution in [0.2, 0.25) is 0 Å². The molecule has 2 aliphatic carbocycles. The molecule has 620 valence electrons. The molecule has 10 unspecified atom stereocenters. The van der Waals surface area contributed by atoms with Crippen LogP contribution in [0.1, 0.15) is 471 Å². The Hall–Kier alpha value is -0.560. The summed E-state index contributed by atoms with van der Waals surface area (Å²) in [6.45, 7) is 12.1. The van der Waals surface area contributed by atoms with Crippen molar-refractivity contribution in [2.45, 2.75) is 530 Å². The van der Waals surface area contributed by atoms with E-state index in [0.717, 1.165) is 135 Å². The van der Waals surface area contributed by atoms with E-state index in [4.69, 9.17) is 28.0 Å². The average molecular weight is 1470 g/mol. The van der Waals surface area contributed by atoms with E-state index in [-0.39, 0.29) is 25.3 Å². The van der Waals surface area contributed by atoms with Crippen molar-refractivity contribution in [1.82, 2.24) is 10.6 Å². The van der Waals surface area contributed by atoms with E-state index in [1.165, 1.54) is 289 Å². The molecule has 0 bridgehead atoms. The maximum atomic E-state index is 11.5. The first-order valence-electron chi connectivity index (χ1n) is 45.8. The van der Waals surface area contributed by atoms with E-state index < -0.39 is 53.3 Å². The smallest absolute Gasteiger partial charge is 0.108 e. The first-order valence-corrected chi connectivity index (χ1v) is 45.8. The highest BCUT2D eigenvalue weighted by Crippen LogP contribution is 2.34. The number of hydrogen-bond acceptors (Lipinski definition) is 14. The van der Waals surface area contributed by atoms with E-state index in [1.54, 1.807) is 0 Å². The lowest BCUT2D eigenvalue weighted by molar-refractivity contribution is -0.113. The Morgan fingerprint density at radius 3 is 1.02 bits per heavy atom. The van der Waals surface area contributed by atoms with Crippen molar-refractivity contribution in [2.24, 2.45) is 28.9 Å². The highest BCUT2D eigenvalue weighted by molar-refractivity contribution is 5.07. The monoisotopic (exact) mass is 1470 g/mol. The van der Waals surface area contributed by atoms with Gasteiger partial charge in [-0.1, -0.05) is 401 Å². The van der Waals surface area contributed by atoms with E-state index in [0.29, 0.717) is 31.8 Å². The summed E-state index contributed by atoms with van der Waals surface area (Å²) in [6, 6.07) is 0.268. The molecule has 0 saturated heterocycles. The summed E-state index contributed by atoms with van der Waals surface area (Å²) in [6.07, 6.45) is 76.2. The molecule has 0 spiro atoms. The van der Waals surface area contributed by atoms with Gasteiger partial charge in [0.2, 0.25) is 0 Å². The van der Waals surface area contributed by atoms with Gasteiger partial charge in [-0.05, 0) is 83.1 Å². The highest BCUT2D eigenvalue weighted by Gasteiger charge is 2.49. The summed E-state index contributed by atoms with van der Waals surface area (Å²) in [5, 5.41) is 90.7. The molecule has 14 heteroatoms. The van der Waals surface area contributed by atoms with Crippen LogP contribution >= 0.6 is 0 Å². The van der Waals surface area contributed by atoms with Crippen LogP contribution in [0.15, 0.2) is 0 Å². The minimum absolute atomic E-state index is 0.00159. The van der Waals surface area contributed by atoms with Crippen molar-refractivity contribution >= 4 is 0 Å². The van der Waals surface area contributed by atoms with Gasteiger partial charge in [-0.3, -0.25) is 5.32 Å². The van der Waals surface area contributed by atoms with Gasteiger partial charge < -0.3 is 69.1 Å². The van der Waals surface area contributed by atoms with Gasteiger partial charge in [0.1, 0.15) is 12.3 Å². The standard InChI is InChI=1S/C35H74N2O4.C28H58N2O2.C26H54N2O2/c1-4-7-10-13-15-16-17-18-19-20-21-23-26-29-35(37,31(39)30-38)33(41)32(40)34(36,27-24-12-9-6-3)28-25-22-14-11-8-5-2;29-28(26-32)23-19-15-11-10-14-18-22-27(28)30-24-20-16-12-8-6-4-2-1-3-5-7-9-13-17-21-25-31;1-3-5-7-10-14-18-23(19-15-11-8-6-4-2)25(30)28-24-20-16-12-9-13-17-21-26(24,27)22-29/h31-33,38-41H,4-30,36-37H2,1-3H3;27,30-32H,1-26,29H2;23-25,28-30H,3-22,27H2,1-2H3. The Labute approximate surface area is 640 Å². The number of rotatable bonds is 66. The molecule has 0 aliphatic heterocycles. The van der Waals surface area contributed by atoms with Gasteiger partial charge in [0.05, 0.1) is 48.6 Å². The van der Waals surface area contributed by atoms with Gasteiger partial charge in [0.15, 0.2) is 0 Å². The predicted octanol–water partition coefficient (Wildman–Crippen LogP) is 20.3. The molecule has 2 saturated carbocycles. The van der Waals surface area contributed by atoms with Crippen LogP contribution in [0, 0.1) is 5.92 Å². The third-order valence-corrected chi connectivity index (χ3v) is 24.3. The van der Waals surface area contributed by atoms with Crippen LogP contribution in [-0.4, -0.2) is 133 Å². The fraction of sp³-hybridized carbons (Fsp3) is 1.00. The summed E-state index contributed by atoms with van der Waals surface area (Å²) in [4.78, 5) is 0. The van der Waals surface area contributed by atoms with Crippen molar-refractivity contribution in [3.8, 4) is 0 Å². The van der Waals surface area contributed by atoms with Gasteiger partial charge in [-0.25, -0.2) is 0 Å². The first-order chi connectivity index (χ1) is 50.0. The van der Waals surface area contributed by atoms with Crippen LogP contribution in [0.25, 0.3) is 0 Å². The Kier molecular flexibility index (Phi) is 71.3. The molecular weight excluding hydrogens is 1280 g/mol. The van der Waals surface area contributed by atoms with Crippen LogP contribution in [-0.2, 0) is 0 Å². The largest absolute Gasteiger partial charge is 0.396 e. The molecule has 0 aromatic carbocycles. The zero-order valence-corrected chi connectivity index (χ0v) is 69.5. The molecule has 0 heterocycles. The molecule has 14 nitrogen and oxygen atoms in total. The Balaban J connectivity index is 0.00000154. The van der Waals surface area contributed by atoms with Crippen molar-refractivity contribution in [3.05, 3.63) is 0 Å². The van der Waals surface area contributed by atoms with Crippen LogP contribution in [0.5, 0.6) is 0 Å². The zero-order valence-electron chi connectivity index (χ0n) is 69.5. The van der Waals surface area contributed by atoms with Crippen molar-refractivity contribution in [2.75, 3.05) is 33.0 Å². The lowest BCUT2D eigenvalue weighted by Crippen LogP contribution is -2.69. The fourth-order valence-corrected chi connectivity index (χ4v) is 16.6. The second kappa shape index (κ2) is 71.7. The van der Waals surface area contributed by atoms with Crippen molar-refractivity contribution in [3.63, 3.8) is 0 Å². The zero-order chi connectivity index (χ0) is 76.1. The number of nitrogens with one attached hydrogen (secondary N) is 2. The van der Waals surface area contributed by atoms with Crippen LogP contribution < -0.4 is 33.6 Å². The summed E-state index contributed by atoms with van der Waals surface area (Å²) in [5.74, 6) is 0.295. The summed E-state index contributed by atoms with van der Waals surface area (Å²) in [7, 11) is 0. The molecular formula is C89H186N6O8. The maximum absolute atomic E-state index is 11.5. The molecule has 0 radical (unpaired) electrons. The molecule has 2 fully saturated rings. The Bertz CT molecular complexity index is 1720. The molecule has 0 aromatic heterocycles. The molecule has 0 amide bonds. The number of nitrogens with two attached hydrogens (primary N) is 4. The van der Waals surface area contributed by atoms with Gasteiger partial charge >= 0.3 is 0 Å². The number of aliphatic hydroxyl groups is 8. The normalized spacial score (nSPS) is 21.0. The van der Waals surface area contributed by atoms with Crippen molar-refractivity contribution in [1.29, 1.82) is 0 Å². The molecule has 103 heavy (non-hydrogen) atoms. The van der Waals surface area contributed by atoms with Gasteiger partial charge in [0, 0.05) is 24.2 Å². The molecule has 0 aromatic rings. The van der Waals surface area contributed by atoms with Gasteiger partial charge in [-0.15, -0.1) is 0 Å². The Morgan fingerprint density at radius 1 is 0.350 bits per heavy atom. The second-order valence-corrected chi connectivity index (χ2v) is 33.9. The lowest BCUT2D eigenvalue weighted by atomic mass is 9.72. The second-order valence-electron chi connectivity index (χ2n) is 33.9. The SMILES string of the molecule is CCCCCCCC(CCCCCCC)C(O)NC1CCCCCCCC1(N)CO.CCCCCCCCCCCCCCCC(N)(C(O)CO)C(O)C(O)C(N)(CCCCCC)CCCCCCCC.NC1(CO)CCCCCCCCC1NCCCCCCCCCCCCCCCCCO. The predicted molar refractivity (Wildman–Crippen MR) is 445 cm³/mol. The summed E-state index contributed by atoms with van der Waals surface area (Å²) in [5.41, 5.74) is 23.3. The van der Waals surface area contributed by atoms with Crippen LogP contribution in [0.4, 0.5) is 0 Å². The first kappa shape index (κ1) is 102. The number of hydrogen-bond donors (Lipinski definition) is 14. The number of unbranched alkanes of at least 4 members (excludes halogenated alkanes) is 42. The fourth-order valence-electron chi connectivity index (χ4n) is 16.6. The highest BCUT2D eigenvalue weighted by atomic mass is 16.3. The minimum Gasteiger partial charge on any atom is -0.396 e. The lowest BCUT2D eigenvalue weighted by Gasteiger charge is -2.45. The third kappa shape index (κ3) is 53.1. The number of aliphatic hydroxyl groups excluding tert-OH is 8. The minimum atomic E-state index is -1.50. The van der Waals surface area contributed by atoms with E-state index in [2.05, 4.69) is 45.3 Å². The van der Waals surface area contributed by atoms with Crippen LogP contribution in [0.3, 0.4) is 0 Å². The van der Waals surface area contributed by atoms with E-state index >= 15 is 0 Å². The maximum Gasteiger partial charge on any atom is 0.108 e. The Morgan fingerprint density at radius 2 is 0.650 bits per heavy atom. The van der Waals surface area contributed by atoms with E-state index in [9.17, 15) is 35.7 Å². The van der Waals surface area contributed by atoms with Gasteiger partial charge in [0.25, 0.3) is 0 Å². The average Bonchev–Trinajstić information content (AvgIpc) is 0.882. The van der Waals surface area contributed by atoms with Gasteiger partial charge in [-0.2, -0.15) is 0 Å². The summed E-state index contributed by atoms with van der Waals surface area (Å²) < 4.78 is 0. The van der Waals surface area contributed by atoms with E-state index in [1.807, 2.05) is 0 Å². The molecule has 2 aliphatic rings. The molecule has 2 rings (SSSR count). The quantitative estimate of drug-likeness (QED) is 0.0199. The molecule has 10 atom stereocenters. The summed E-state index contributed by atoms with van der Waals surface area (Å²) >= 11 is 0. The topological polar surface area (TPSA) is 290 Å².